The third-order valence-electron chi connectivity index (χ3n) is 3.96. The zero-order chi connectivity index (χ0) is 12.0. The van der Waals surface area contributed by atoms with Crippen molar-refractivity contribution >= 4 is 11.9 Å². The SMILES string of the molecule is O=C(N[C@H]1C[C@@H]2C[C@]2(C(=O)O)C1)c1ccoc1. The molecule has 0 aromatic carbocycles. The number of nitrogens with one attached hydrogen (secondary N) is 1. The molecule has 1 heterocycles. The highest BCUT2D eigenvalue weighted by molar-refractivity contribution is 5.94. The molecule has 1 aromatic heterocycles. The summed E-state index contributed by atoms with van der Waals surface area (Å²) in [5.41, 5.74) is -0.0658. The van der Waals surface area contributed by atoms with E-state index < -0.39 is 11.4 Å². The fraction of sp³-hybridized carbons (Fsp3) is 0.500. The van der Waals surface area contributed by atoms with E-state index in [9.17, 15) is 9.59 Å². The first-order valence-corrected chi connectivity index (χ1v) is 5.68. The van der Waals surface area contributed by atoms with Crippen LogP contribution in [0, 0.1) is 11.3 Å². The van der Waals surface area contributed by atoms with Gasteiger partial charge in [-0.3, -0.25) is 9.59 Å². The van der Waals surface area contributed by atoms with Crippen LogP contribution < -0.4 is 5.32 Å². The third-order valence-corrected chi connectivity index (χ3v) is 3.96. The predicted octanol–water partition coefficient (Wildman–Crippen LogP) is 1.26. The average Bonchev–Trinajstić information content (AvgIpc) is 2.72. The molecule has 90 valence electrons. The Hall–Kier alpha value is -1.78. The smallest absolute Gasteiger partial charge is 0.310 e. The van der Waals surface area contributed by atoms with Crippen LogP contribution in [0.5, 0.6) is 0 Å². The lowest BCUT2D eigenvalue weighted by molar-refractivity contribution is -0.143. The Morgan fingerprint density at radius 1 is 1.47 bits per heavy atom. The van der Waals surface area contributed by atoms with Crippen LogP contribution in [0.4, 0.5) is 0 Å². The van der Waals surface area contributed by atoms with Crippen LogP contribution in [-0.4, -0.2) is 23.0 Å². The summed E-state index contributed by atoms with van der Waals surface area (Å²) in [7, 11) is 0. The molecular weight excluding hydrogens is 222 g/mol. The largest absolute Gasteiger partial charge is 0.481 e. The molecule has 2 N–H and O–H groups in total. The van der Waals surface area contributed by atoms with Crippen molar-refractivity contribution in [3.8, 4) is 0 Å². The quantitative estimate of drug-likeness (QED) is 0.826. The summed E-state index contributed by atoms with van der Waals surface area (Å²) >= 11 is 0. The Morgan fingerprint density at radius 2 is 2.29 bits per heavy atom. The molecule has 2 aliphatic carbocycles. The van der Waals surface area contributed by atoms with Crippen molar-refractivity contribution in [2.75, 3.05) is 0 Å². The monoisotopic (exact) mass is 235 g/mol. The van der Waals surface area contributed by atoms with Gasteiger partial charge in [-0.1, -0.05) is 0 Å². The highest BCUT2D eigenvalue weighted by Gasteiger charge is 2.65. The van der Waals surface area contributed by atoms with Gasteiger partial charge in [0.25, 0.3) is 5.91 Å². The topological polar surface area (TPSA) is 79.5 Å². The number of amides is 1. The summed E-state index contributed by atoms with van der Waals surface area (Å²) in [4.78, 5) is 22.8. The number of hydrogen-bond acceptors (Lipinski definition) is 3. The number of aliphatic carboxylic acids is 1. The molecule has 2 aliphatic rings. The second-order valence-corrected chi connectivity index (χ2v) is 4.98. The van der Waals surface area contributed by atoms with Gasteiger partial charge in [-0.25, -0.2) is 0 Å². The first-order valence-electron chi connectivity index (χ1n) is 5.68. The molecule has 1 aromatic rings. The number of carbonyl (C=O) groups excluding carboxylic acids is 1. The molecule has 2 saturated carbocycles. The molecule has 5 nitrogen and oxygen atoms in total. The fourth-order valence-corrected chi connectivity index (χ4v) is 2.93. The Balaban J connectivity index is 1.62. The van der Waals surface area contributed by atoms with Crippen LogP contribution in [0.15, 0.2) is 23.0 Å². The van der Waals surface area contributed by atoms with Gasteiger partial charge in [-0.15, -0.1) is 0 Å². The number of rotatable bonds is 3. The van der Waals surface area contributed by atoms with E-state index in [0.717, 1.165) is 12.8 Å². The van der Waals surface area contributed by atoms with Gasteiger partial charge in [0, 0.05) is 6.04 Å². The molecule has 3 atom stereocenters. The van der Waals surface area contributed by atoms with Crippen molar-refractivity contribution in [2.45, 2.75) is 25.3 Å². The van der Waals surface area contributed by atoms with Gasteiger partial charge < -0.3 is 14.8 Å². The summed E-state index contributed by atoms with van der Waals surface area (Å²) < 4.78 is 4.83. The molecule has 0 unspecified atom stereocenters. The van der Waals surface area contributed by atoms with E-state index in [1.807, 2.05) is 0 Å². The molecular formula is C12H13NO4. The Kier molecular flexibility index (Phi) is 2.05. The molecule has 1 amide bonds. The second kappa shape index (κ2) is 3.35. The molecule has 0 radical (unpaired) electrons. The van der Waals surface area contributed by atoms with E-state index in [1.165, 1.54) is 12.5 Å². The van der Waals surface area contributed by atoms with Crippen molar-refractivity contribution in [3.63, 3.8) is 0 Å². The predicted molar refractivity (Wildman–Crippen MR) is 57.4 cm³/mol. The van der Waals surface area contributed by atoms with E-state index in [-0.39, 0.29) is 17.9 Å². The first kappa shape index (κ1) is 10.4. The van der Waals surface area contributed by atoms with Crippen LogP contribution in [-0.2, 0) is 4.79 Å². The van der Waals surface area contributed by atoms with Crippen molar-refractivity contribution in [2.24, 2.45) is 11.3 Å². The average molecular weight is 235 g/mol. The Labute approximate surface area is 97.8 Å². The van der Waals surface area contributed by atoms with Gasteiger partial charge in [0.15, 0.2) is 0 Å². The number of fused-ring (bicyclic) bond motifs is 1. The first-order chi connectivity index (χ1) is 8.12. The van der Waals surface area contributed by atoms with E-state index >= 15 is 0 Å². The number of furan rings is 1. The molecule has 5 heteroatoms. The second-order valence-electron chi connectivity index (χ2n) is 4.98. The summed E-state index contributed by atoms with van der Waals surface area (Å²) in [6.45, 7) is 0. The van der Waals surface area contributed by atoms with Gasteiger partial charge in [0.05, 0.1) is 17.2 Å². The van der Waals surface area contributed by atoms with Gasteiger partial charge in [0.1, 0.15) is 6.26 Å². The van der Waals surface area contributed by atoms with Gasteiger partial charge >= 0.3 is 5.97 Å². The number of hydrogen-bond donors (Lipinski definition) is 2. The van der Waals surface area contributed by atoms with E-state index in [0.29, 0.717) is 12.0 Å². The molecule has 0 aliphatic heterocycles. The fourth-order valence-electron chi connectivity index (χ4n) is 2.93. The van der Waals surface area contributed by atoms with Crippen LogP contribution in [0.3, 0.4) is 0 Å². The van der Waals surface area contributed by atoms with Crippen molar-refractivity contribution in [1.29, 1.82) is 0 Å². The minimum absolute atomic E-state index is 0.0211. The standard InChI is InChI=1S/C12H13NO4/c14-10(7-1-2-17-6-7)13-9-3-8-4-12(8,5-9)11(15)16/h1-2,6,8-9H,3-5H2,(H,13,14)(H,15,16)/t8-,9+,12+/m1/s1. The van der Waals surface area contributed by atoms with E-state index in [1.54, 1.807) is 6.07 Å². The highest BCUT2D eigenvalue weighted by atomic mass is 16.4. The maximum Gasteiger partial charge on any atom is 0.310 e. The highest BCUT2D eigenvalue weighted by Crippen LogP contribution is 2.63. The van der Waals surface area contributed by atoms with Crippen molar-refractivity contribution < 1.29 is 19.1 Å². The van der Waals surface area contributed by atoms with Crippen LogP contribution >= 0.6 is 0 Å². The molecule has 3 rings (SSSR count). The minimum atomic E-state index is -0.720. The summed E-state index contributed by atoms with van der Waals surface area (Å²) in [5.74, 6) is -0.664. The molecule has 0 spiro atoms. The normalized spacial score (nSPS) is 34.1. The molecule has 17 heavy (non-hydrogen) atoms. The van der Waals surface area contributed by atoms with E-state index in [4.69, 9.17) is 9.52 Å². The van der Waals surface area contributed by atoms with Crippen LogP contribution in [0.25, 0.3) is 0 Å². The minimum Gasteiger partial charge on any atom is -0.481 e. The van der Waals surface area contributed by atoms with Gasteiger partial charge in [-0.2, -0.15) is 0 Å². The number of carbonyl (C=O) groups is 2. The summed E-state index contributed by atoms with van der Waals surface area (Å²) in [6.07, 6.45) is 4.92. The summed E-state index contributed by atoms with van der Waals surface area (Å²) in [6, 6.07) is 1.57. The zero-order valence-electron chi connectivity index (χ0n) is 9.18. The van der Waals surface area contributed by atoms with Gasteiger partial charge in [-0.05, 0) is 31.2 Å². The molecule has 0 bridgehead atoms. The summed E-state index contributed by atoms with van der Waals surface area (Å²) in [5, 5.41) is 12.0. The van der Waals surface area contributed by atoms with Crippen molar-refractivity contribution in [1.82, 2.24) is 5.32 Å². The lowest BCUT2D eigenvalue weighted by Crippen LogP contribution is -2.34. The van der Waals surface area contributed by atoms with Crippen molar-refractivity contribution in [3.05, 3.63) is 24.2 Å². The Morgan fingerprint density at radius 3 is 2.88 bits per heavy atom. The van der Waals surface area contributed by atoms with Gasteiger partial charge in [0.2, 0.25) is 0 Å². The molecule has 0 saturated heterocycles. The third kappa shape index (κ3) is 1.53. The zero-order valence-corrected chi connectivity index (χ0v) is 9.18. The number of carboxylic acids is 1. The number of carboxylic acid groups (broad SMARTS) is 1. The van der Waals surface area contributed by atoms with Crippen LogP contribution in [0.2, 0.25) is 0 Å². The Bertz CT molecular complexity index is 467. The lowest BCUT2D eigenvalue weighted by Gasteiger charge is -2.15. The maximum absolute atomic E-state index is 11.7. The lowest BCUT2D eigenvalue weighted by atomic mass is 10.0. The maximum atomic E-state index is 11.7. The van der Waals surface area contributed by atoms with Crippen LogP contribution in [0.1, 0.15) is 29.6 Å². The van der Waals surface area contributed by atoms with E-state index in [2.05, 4.69) is 5.32 Å². The molecule has 2 fully saturated rings.